The lowest BCUT2D eigenvalue weighted by molar-refractivity contribution is 0.0954. The Morgan fingerprint density at radius 1 is 1.25 bits per heavy atom. The SMILES string of the molecule is CC(C)NCCCNC(=O)c1coc2ccccc12.Cl. The number of benzene rings is 1. The fraction of sp³-hybridized carbons (Fsp3) is 0.400. The Hall–Kier alpha value is -1.52. The van der Waals surface area contributed by atoms with E-state index in [2.05, 4.69) is 24.5 Å². The summed E-state index contributed by atoms with van der Waals surface area (Å²) in [6.07, 6.45) is 2.44. The number of fused-ring (bicyclic) bond motifs is 1. The number of carbonyl (C=O) groups excluding carboxylic acids is 1. The topological polar surface area (TPSA) is 54.3 Å². The molecule has 0 atom stereocenters. The van der Waals surface area contributed by atoms with Crippen LogP contribution in [0.25, 0.3) is 11.0 Å². The van der Waals surface area contributed by atoms with Gasteiger partial charge in [0, 0.05) is 18.0 Å². The molecule has 0 unspecified atom stereocenters. The molecule has 0 radical (unpaired) electrons. The van der Waals surface area contributed by atoms with Crippen molar-refractivity contribution in [3.63, 3.8) is 0 Å². The molecule has 4 nitrogen and oxygen atoms in total. The molecule has 5 heteroatoms. The minimum absolute atomic E-state index is 0. The number of amides is 1. The molecule has 1 aromatic heterocycles. The number of hydrogen-bond acceptors (Lipinski definition) is 3. The molecule has 1 heterocycles. The maximum absolute atomic E-state index is 12.0. The van der Waals surface area contributed by atoms with Crippen LogP contribution in [0, 0.1) is 0 Å². The number of rotatable bonds is 6. The van der Waals surface area contributed by atoms with Gasteiger partial charge in [0.15, 0.2) is 0 Å². The van der Waals surface area contributed by atoms with E-state index in [1.807, 2.05) is 24.3 Å². The van der Waals surface area contributed by atoms with Crippen molar-refractivity contribution in [3.8, 4) is 0 Å². The molecule has 0 aliphatic heterocycles. The van der Waals surface area contributed by atoms with Gasteiger partial charge in [0.1, 0.15) is 11.8 Å². The lowest BCUT2D eigenvalue weighted by atomic mass is 10.1. The van der Waals surface area contributed by atoms with Crippen LogP contribution in [-0.2, 0) is 0 Å². The lowest BCUT2D eigenvalue weighted by Crippen LogP contribution is -2.29. The third-order valence-corrected chi connectivity index (χ3v) is 2.92. The Morgan fingerprint density at radius 3 is 2.75 bits per heavy atom. The van der Waals surface area contributed by atoms with Crippen molar-refractivity contribution in [2.75, 3.05) is 13.1 Å². The molecule has 0 saturated heterocycles. The van der Waals surface area contributed by atoms with E-state index in [0.29, 0.717) is 18.2 Å². The zero-order valence-corrected chi connectivity index (χ0v) is 12.6. The van der Waals surface area contributed by atoms with E-state index in [1.165, 1.54) is 6.26 Å². The van der Waals surface area contributed by atoms with Crippen LogP contribution >= 0.6 is 12.4 Å². The van der Waals surface area contributed by atoms with Gasteiger partial charge in [0.25, 0.3) is 5.91 Å². The fourth-order valence-corrected chi connectivity index (χ4v) is 1.93. The van der Waals surface area contributed by atoms with Gasteiger partial charge in [-0.1, -0.05) is 32.0 Å². The number of nitrogens with one attached hydrogen (secondary N) is 2. The molecule has 2 rings (SSSR count). The van der Waals surface area contributed by atoms with E-state index in [1.54, 1.807) is 0 Å². The van der Waals surface area contributed by atoms with Crippen LogP contribution in [0.1, 0.15) is 30.6 Å². The minimum Gasteiger partial charge on any atom is -0.463 e. The highest BCUT2D eigenvalue weighted by Crippen LogP contribution is 2.20. The van der Waals surface area contributed by atoms with Gasteiger partial charge in [0.2, 0.25) is 0 Å². The second-order valence-electron chi connectivity index (χ2n) is 4.86. The highest BCUT2D eigenvalue weighted by atomic mass is 35.5. The molecule has 1 aromatic carbocycles. The van der Waals surface area contributed by atoms with E-state index >= 15 is 0 Å². The lowest BCUT2D eigenvalue weighted by Gasteiger charge is -2.08. The van der Waals surface area contributed by atoms with Crippen molar-refractivity contribution >= 4 is 29.3 Å². The van der Waals surface area contributed by atoms with Crippen molar-refractivity contribution in [1.82, 2.24) is 10.6 Å². The first-order valence-electron chi connectivity index (χ1n) is 6.66. The van der Waals surface area contributed by atoms with Gasteiger partial charge in [0.05, 0.1) is 5.56 Å². The number of halogens is 1. The van der Waals surface area contributed by atoms with Gasteiger partial charge in [-0.2, -0.15) is 0 Å². The van der Waals surface area contributed by atoms with Gasteiger partial charge in [-0.05, 0) is 19.0 Å². The maximum atomic E-state index is 12.0. The van der Waals surface area contributed by atoms with Gasteiger partial charge in [-0.25, -0.2) is 0 Å². The first-order valence-corrected chi connectivity index (χ1v) is 6.66. The van der Waals surface area contributed by atoms with Crippen LogP contribution in [0.3, 0.4) is 0 Å². The summed E-state index contributed by atoms with van der Waals surface area (Å²) in [6, 6.07) is 8.03. The normalized spacial score (nSPS) is 10.6. The number of furan rings is 1. The number of carbonyl (C=O) groups is 1. The first kappa shape index (κ1) is 16.5. The van der Waals surface area contributed by atoms with Crippen LogP contribution in [0.5, 0.6) is 0 Å². The highest BCUT2D eigenvalue weighted by molar-refractivity contribution is 6.05. The van der Waals surface area contributed by atoms with E-state index in [0.717, 1.165) is 23.9 Å². The van der Waals surface area contributed by atoms with Crippen LogP contribution in [0.15, 0.2) is 34.9 Å². The molecule has 20 heavy (non-hydrogen) atoms. The smallest absolute Gasteiger partial charge is 0.255 e. The van der Waals surface area contributed by atoms with E-state index < -0.39 is 0 Å². The van der Waals surface area contributed by atoms with E-state index in [9.17, 15) is 4.79 Å². The molecule has 1 amide bonds. The molecule has 0 aliphatic carbocycles. The molecule has 2 aromatic rings. The van der Waals surface area contributed by atoms with Crippen molar-refractivity contribution < 1.29 is 9.21 Å². The second kappa shape index (κ2) is 7.92. The van der Waals surface area contributed by atoms with Gasteiger partial charge in [-0.15, -0.1) is 12.4 Å². The minimum atomic E-state index is -0.0745. The molecule has 0 aliphatic rings. The van der Waals surface area contributed by atoms with Gasteiger partial charge < -0.3 is 15.1 Å². The third-order valence-electron chi connectivity index (χ3n) is 2.92. The summed E-state index contributed by atoms with van der Waals surface area (Å²) in [6.45, 7) is 5.79. The second-order valence-corrected chi connectivity index (χ2v) is 4.86. The van der Waals surface area contributed by atoms with Crippen LogP contribution in [0.4, 0.5) is 0 Å². The van der Waals surface area contributed by atoms with Crippen molar-refractivity contribution in [3.05, 3.63) is 36.1 Å². The summed E-state index contributed by atoms with van der Waals surface area (Å²) < 4.78 is 5.36. The fourth-order valence-electron chi connectivity index (χ4n) is 1.93. The largest absolute Gasteiger partial charge is 0.463 e. The van der Waals surface area contributed by atoms with Crippen molar-refractivity contribution in [1.29, 1.82) is 0 Å². The summed E-state index contributed by atoms with van der Waals surface area (Å²) in [5.74, 6) is -0.0745. The number of hydrogen-bond donors (Lipinski definition) is 2. The highest BCUT2D eigenvalue weighted by Gasteiger charge is 2.12. The molecule has 0 bridgehead atoms. The zero-order chi connectivity index (χ0) is 13.7. The summed E-state index contributed by atoms with van der Waals surface area (Å²) in [5.41, 5.74) is 1.35. The Bertz CT molecular complexity index is 552. The quantitative estimate of drug-likeness (QED) is 0.806. The van der Waals surface area contributed by atoms with Gasteiger partial charge in [-0.3, -0.25) is 4.79 Å². The monoisotopic (exact) mass is 296 g/mol. The average Bonchev–Trinajstić information content (AvgIpc) is 2.81. The standard InChI is InChI=1S/C15H20N2O2.ClH/c1-11(2)16-8-5-9-17-15(18)13-10-19-14-7-4-3-6-12(13)14;/h3-4,6-7,10-11,16H,5,8-9H2,1-2H3,(H,17,18);1H. The van der Waals surface area contributed by atoms with Crippen LogP contribution in [0.2, 0.25) is 0 Å². The predicted molar refractivity (Wildman–Crippen MR) is 83.6 cm³/mol. The Balaban J connectivity index is 0.00000200. The maximum Gasteiger partial charge on any atom is 0.255 e. The summed E-state index contributed by atoms with van der Waals surface area (Å²) in [5, 5.41) is 7.09. The first-order chi connectivity index (χ1) is 9.18. The average molecular weight is 297 g/mol. The van der Waals surface area contributed by atoms with Crippen molar-refractivity contribution in [2.45, 2.75) is 26.3 Å². The number of para-hydroxylation sites is 1. The molecular formula is C15H21ClN2O2. The zero-order valence-electron chi connectivity index (χ0n) is 11.8. The molecule has 0 fully saturated rings. The van der Waals surface area contributed by atoms with Crippen molar-refractivity contribution in [2.24, 2.45) is 0 Å². The third kappa shape index (κ3) is 4.25. The molecule has 110 valence electrons. The molecule has 0 saturated carbocycles. The Labute approximate surface area is 125 Å². The Kier molecular flexibility index (Phi) is 6.55. The van der Waals surface area contributed by atoms with Crippen LogP contribution < -0.4 is 10.6 Å². The van der Waals surface area contributed by atoms with Crippen LogP contribution in [-0.4, -0.2) is 25.0 Å². The summed E-state index contributed by atoms with van der Waals surface area (Å²) in [4.78, 5) is 12.0. The molecule has 2 N–H and O–H groups in total. The van der Waals surface area contributed by atoms with Gasteiger partial charge >= 0.3 is 0 Å². The summed E-state index contributed by atoms with van der Waals surface area (Å²) >= 11 is 0. The Morgan fingerprint density at radius 2 is 2.00 bits per heavy atom. The van der Waals surface area contributed by atoms with E-state index in [-0.39, 0.29) is 18.3 Å². The predicted octanol–water partition coefficient (Wildman–Crippen LogP) is 2.97. The molecular weight excluding hydrogens is 276 g/mol. The summed E-state index contributed by atoms with van der Waals surface area (Å²) in [7, 11) is 0. The van der Waals surface area contributed by atoms with E-state index in [4.69, 9.17) is 4.42 Å². The molecule has 0 spiro atoms.